The van der Waals surface area contributed by atoms with Crippen LogP contribution in [0.1, 0.15) is 64.8 Å². The monoisotopic (exact) mass is 622 g/mol. The van der Waals surface area contributed by atoms with Crippen LogP contribution in [0.5, 0.6) is 11.5 Å². The highest BCUT2D eigenvalue weighted by molar-refractivity contribution is 6.00. The number of amides is 2. The van der Waals surface area contributed by atoms with E-state index in [-0.39, 0.29) is 53.3 Å². The predicted octanol–water partition coefficient (Wildman–Crippen LogP) is 4.12. The molecule has 1 aromatic carbocycles. The molecule has 0 fully saturated rings. The molecule has 0 radical (unpaired) electrons. The van der Waals surface area contributed by atoms with E-state index in [2.05, 4.69) is 15.3 Å². The van der Waals surface area contributed by atoms with E-state index in [4.69, 9.17) is 15.2 Å². The van der Waals surface area contributed by atoms with E-state index in [1.54, 1.807) is 13.0 Å². The molecule has 238 valence electrons. The van der Waals surface area contributed by atoms with Gasteiger partial charge < -0.3 is 30.4 Å². The first-order valence-corrected chi connectivity index (χ1v) is 14.4. The normalized spacial score (nSPS) is 16.2. The number of aliphatic hydroxyl groups excluding tert-OH is 1. The van der Waals surface area contributed by atoms with Crippen molar-refractivity contribution in [3.05, 3.63) is 81.3 Å². The SMILES string of the molecule is CCOc1c(CC(N)=O)cc([C@](C=O)(CO)CNC(=O)c2cc(OC)c3nc(C)c(C)cc3c2)nc1C1CC(C)=C(F)C=C1F. The van der Waals surface area contributed by atoms with Crippen LogP contribution >= 0.6 is 0 Å². The number of carbonyl (C=O) groups excluding carboxylic acids is 3. The summed E-state index contributed by atoms with van der Waals surface area (Å²) in [5.41, 5.74) is 6.65. The van der Waals surface area contributed by atoms with E-state index >= 15 is 4.39 Å². The minimum atomic E-state index is -1.82. The maximum atomic E-state index is 15.2. The molecule has 10 nitrogen and oxygen atoms in total. The number of pyridine rings is 2. The van der Waals surface area contributed by atoms with Crippen molar-refractivity contribution >= 4 is 29.0 Å². The van der Waals surface area contributed by atoms with Crippen molar-refractivity contribution in [2.75, 3.05) is 26.9 Å². The van der Waals surface area contributed by atoms with Crippen molar-refractivity contribution in [1.29, 1.82) is 0 Å². The minimum absolute atomic E-state index is 0.00892. The molecular weight excluding hydrogens is 586 g/mol. The third-order valence-corrected chi connectivity index (χ3v) is 7.97. The number of nitrogens with two attached hydrogens (primary N) is 1. The molecular formula is C33H36F2N4O6. The largest absolute Gasteiger partial charge is 0.494 e. The van der Waals surface area contributed by atoms with Gasteiger partial charge in [0.25, 0.3) is 5.91 Å². The smallest absolute Gasteiger partial charge is 0.251 e. The number of nitrogens with one attached hydrogen (secondary N) is 1. The number of benzene rings is 1. The number of hydrogen-bond donors (Lipinski definition) is 3. The van der Waals surface area contributed by atoms with E-state index in [0.717, 1.165) is 17.3 Å². The summed E-state index contributed by atoms with van der Waals surface area (Å²) in [7, 11) is 1.46. The summed E-state index contributed by atoms with van der Waals surface area (Å²) in [4.78, 5) is 47.3. The van der Waals surface area contributed by atoms with E-state index in [9.17, 15) is 23.9 Å². The number of hydrogen-bond acceptors (Lipinski definition) is 8. The summed E-state index contributed by atoms with van der Waals surface area (Å²) in [6.45, 7) is 5.88. The zero-order chi connectivity index (χ0) is 33.1. The van der Waals surface area contributed by atoms with Crippen molar-refractivity contribution in [2.24, 2.45) is 5.73 Å². The highest BCUT2D eigenvalue weighted by atomic mass is 19.1. The average molecular weight is 623 g/mol. The second-order valence-electron chi connectivity index (χ2n) is 11.1. The number of rotatable bonds is 12. The fourth-order valence-electron chi connectivity index (χ4n) is 5.25. The van der Waals surface area contributed by atoms with Gasteiger partial charge in [0.1, 0.15) is 40.4 Å². The zero-order valence-corrected chi connectivity index (χ0v) is 25.8. The number of halogens is 2. The van der Waals surface area contributed by atoms with Crippen LogP contribution in [0.4, 0.5) is 8.78 Å². The number of aldehydes is 1. The number of fused-ring (bicyclic) bond motifs is 1. The molecule has 0 saturated carbocycles. The molecule has 0 bridgehead atoms. The van der Waals surface area contributed by atoms with E-state index in [0.29, 0.717) is 22.9 Å². The van der Waals surface area contributed by atoms with Crippen LogP contribution in [0.3, 0.4) is 0 Å². The maximum Gasteiger partial charge on any atom is 0.251 e. The molecule has 0 saturated heterocycles. The molecule has 1 aliphatic carbocycles. The zero-order valence-electron chi connectivity index (χ0n) is 25.8. The lowest BCUT2D eigenvalue weighted by Crippen LogP contribution is -2.45. The van der Waals surface area contributed by atoms with Crippen molar-refractivity contribution in [1.82, 2.24) is 15.3 Å². The van der Waals surface area contributed by atoms with Crippen LogP contribution in [0, 0.1) is 13.8 Å². The topological polar surface area (TPSA) is 154 Å². The number of primary amides is 1. The fraction of sp³-hybridized carbons (Fsp3) is 0.364. The summed E-state index contributed by atoms with van der Waals surface area (Å²) >= 11 is 0. The lowest BCUT2D eigenvalue weighted by Gasteiger charge is -2.29. The Morgan fingerprint density at radius 3 is 2.53 bits per heavy atom. The van der Waals surface area contributed by atoms with Crippen molar-refractivity contribution in [2.45, 2.75) is 51.9 Å². The Morgan fingerprint density at radius 1 is 1.18 bits per heavy atom. The minimum Gasteiger partial charge on any atom is -0.494 e. The van der Waals surface area contributed by atoms with Gasteiger partial charge in [0.05, 0.1) is 44.1 Å². The Labute approximate surface area is 259 Å². The molecule has 3 aromatic rings. The standard InChI is InChI=1S/C33H36F2N4O6/c1-6-45-31-21(12-28(36)42)11-27(39-30(31)23-8-18(3)24(34)13-25(23)35)33(15-40,16-41)14-37-32(43)22-9-20-7-17(2)19(4)38-29(20)26(10-22)44-5/h7,9-11,13,15,23,41H,6,8,12,14,16H2,1-5H3,(H2,36,42)(H,37,43)/t23?,33-/m1/s1. The molecule has 12 heteroatoms. The fourth-order valence-corrected chi connectivity index (χ4v) is 5.25. The summed E-state index contributed by atoms with van der Waals surface area (Å²) in [5, 5.41) is 13.9. The van der Waals surface area contributed by atoms with Crippen molar-refractivity contribution in [3.8, 4) is 11.5 Å². The van der Waals surface area contributed by atoms with Crippen molar-refractivity contribution < 1.29 is 37.7 Å². The van der Waals surface area contributed by atoms with Crippen LogP contribution in [0.2, 0.25) is 0 Å². The number of aromatic nitrogens is 2. The third kappa shape index (κ3) is 6.70. The molecule has 1 aliphatic rings. The lowest BCUT2D eigenvalue weighted by atomic mass is 9.83. The average Bonchev–Trinajstić information content (AvgIpc) is 3.00. The molecule has 0 aliphatic heterocycles. The van der Waals surface area contributed by atoms with Gasteiger partial charge in [-0.2, -0.15) is 0 Å². The number of nitrogens with zero attached hydrogens (tertiary/aromatic N) is 2. The Balaban J connectivity index is 1.78. The first-order chi connectivity index (χ1) is 21.4. The molecule has 2 amide bonds. The first kappa shape index (κ1) is 33.2. The number of allylic oxidation sites excluding steroid dienone is 4. The van der Waals surface area contributed by atoms with Gasteiger partial charge in [0.2, 0.25) is 5.91 Å². The van der Waals surface area contributed by atoms with Gasteiger partial charge in [0, 0.05) is 34.8 Å². The Hall–Kier alpha value is -4.71. The van der Waals surface area contributed by atoms with Crippen LogP contribution in [0.25, 0.3) is 10.9 Å². The van der Waals surface area contributed by atoms with Crippen molar-refractivity contribution in [3.63, 3.8) is 0 Å². The van der Waals surface area contributed by atoms with Crippen LogP contribution < -0.4 is 20.5 Å². The molecule has 1 unspecified atom stereocenters. The summed E-state index contributed by atoms with van der Waals surface area (Å²) in [6.07, 6.45) is 0.761. The molecule has 45 heavy (non-hydrogen) atoms. The first-order valence-electron chi connectivity index (χ1n) is 14.4. The maximum absolute atomic E-state index is 15.2. The van der Waals surface area contributed by atoms with Crippen LogP contribution in [0.15, 0.2) is 47.6 Å². The van der Waals surface area contributed by atoms with E-state index < -0.39 is 48.0 Å². The Morgan fingerprint density at radius 2 is 1.91 bits per heavy atom. The van der Waals surface area contributed by atoms with Gasteiger partial charge in [-0.05, 0) is 69.5 Å². The lowest BCUT2D eigenvalue weighted by molar-refractivity contribution is -0.117. The molecule has 4 rings (SSSR count). The van der Waals surface area contributed by atoms with Gasteiger partial charge >= 0.3 is 0 Å². The second-order valence-corrected chi connectivity index (χ2v) is 11.1. The van der Waals surface area contributed by atoms with Crippen LogP contribution in [-0.2, 0) is 21.4 Å². The van der Waals surface area contributed by atoms with Gasteiger partial charge in [-0.1, -0.05) is 0 Å². The summed E-state index contributed by atoms with van der Waals surface area (Å²) < 4.78 is 40.7. The highest BCUT2D eigenvalue weighted by Gasteiger charge is 2.38. The Bertz CT molecular complexity index is 1740. The molecule has 4 N–H and O–H groups in total. The van der Waals surface area contributed by atoms with Gasteiger partial charge in [0.15, 0.2) is 0 Å². The second kappa shape index (κ2) is 13.5. The van der Waals surface area contributed by atoms with Gasteiger partial charge in [-0.3, -0.25) is 14.6 Å². The molecule has 0 spiro atoms. The Kier molecular flexibility index (Phi) is 9.97. The number of carbonyl (C=O) groups is 3. The van der Waals surface area contributed by atoms with E-state index in [1.165, 1.54) is 26.2 Å². The number of methoxy groups -OCH3 is 1. The highest BCUT2D eigenvalue weighted by Crippen LogP contribution is 2.43. The molecule has 2 heterocycles. The molecule has 2 atom stereocenters. The summed E-state index contributed by atoms with van der Waals surface area (Å²) in [6, 6.07) is 6.42. The number of aryl methyl sites for hydroxylation is 2. The predicted molar refractivity (Wildman–Crippen MR) is 164 cm³/mol. The molecule has 2 aromatic heterocycles. The van der Waals surface area contributed by atoms with E-state index in [1.807, 2.05) is 19.9 Å². The number of aliphatic hydroxyl groups is 1. The van der Waals surface area contributed by atoms with Gasteiger partial charge in [-0.25, -0.2) is 13.8 Å². The quantitative estimate of drug-likeness (QED) is 0.255. The summed E-state index contributed by atoms with van der Waals surface area (Å²) in [5.74, 6) is -3.49. The van der Waals surface area contributed by atoms with Gasteiger partial charge in [-0.15, -0.1) is 0 Å². The third-order valence-electron chi connectivity index (χ3n) is 7.97. The van der Waals surface area contributed by atoms with Crippen LogP contribution in [-0.4, -0.2) is 60.0 Å². The number of ether oxygens (including phenoxy) is 2.